The number of nitrogens with zero attached hydrogens (tertiary/aromatic N) is 2. The first-order valence-corrected chi connectivity index (χ1v) is 8.98. The van der Waals surface area contributed by atoms with Gasteiger partial charge in [0.1, 0.15) is 0 Å². The minimum Gasteiger partial charge on any atom is -0.370 e. The molecule has 4 nitrogen and oxygen atoms in total. The summed E-state index contributed by atoms with van der Waals surface area (Å²) in [6, 6.07) is 8.62. The number of aliphatic imine (C=N–C) groups is 1. The Morgan fingerprint density at radius 3 is 2.43 bits per heavy atom. The highest BCUT2D eigenvalue weighted by Gasteiger charge is 2.11. The van der Waals surface area contributed by atoms with Crippen molar-refractivity contribution in [3.8, 4) is 0 Å². The molecule has 1 aromatic rings. The van der Waals surface area contributed by atoms with Crippen LogP contribution in [0.4, 0.5) is 0 Å². The molecule has 2 rings (SSSR count). The summed E-state index contributed by atoms with van der Waals surface area (Å²) in [6.07, 6.45) is 5.40. The summed E-state index contributed by atoms with van der Waals surface area (Å²) < 4.78 is 0. The van der Waals surface area contributed by atoms with Gasteiger partial charge >= 0.3 is 0 Å². The lowest BCUT2D eigenvalue weighted by atomic mass is 10.1. The highest BCUT2D eigenvalue weighted by atomic mass is 15.1. The maximum atomic E-state index is 5.95. The Hall–Kier alpha value is -1.55. The Morgan fingerprint density at radius 1 is 1.13 bits per heavy atom. The van der Waals surface area contributed by atoms with Crippen LogP contribution in [0.1, 0.15) is 50.7 Å². The van der Waals surface area contributed by atoms with Crippen LogP contribution in [0.3, 0.4) is 0 Å². The molecular formula is C19H32N4. The van der Waals surface area contributed by atoms with Gasteiger partial charge in [0.2, 0.25) is 0 Å². The Bertz CT molecular complexity index is 488. The van der Waals surface area contributed by atoms with Gasteiger partial charge in [-0.25, -0.2) is 4.99 Å². The summed E-state index contributed by atoms with van der Waals surface area (Å²) in [6.45, 7) is 9.32. The van der Waals surface area contributed by atoms with Crippen molar-refractivity contribution in [2.45, 2.75) is 52.6 Å². The van der Waals surface area contributed by atoms with E-state index in [0.717, 1.165) is 13.1 Å². The van der Waals surface area contributed by atoms with E-state index in [0.29, 0.717) is 18.4 Å². The number of likely N-dealkylation sites (tertiary alicyclic amines) is 1. The first-order chi connectivity index (χ1) is 11.1. The lowest BCUT2D eigenvalue weighted by Gasteiger charge is -2.21. The zero-order chi connectivity index (χ0) is 16.5. The third-order valence-electron chi connectivity index (χ3n) is 4.32. The first kappa shape index (κ1) is 17.8. The Labute approximate surface area is 141 Å². The van der Waals surface area contributed by atoms with Crippen LogP contribution >= 0.6 is 0 Å². The van der Waals surface area contributed by atoms with Crippen LogP contribution < -0.4 is 11.1 Å². The predicted molar refractivity (Wildman–Crippen MR) is 98.4 cm³/mol. The van der Waals surface area contributed by atoms with Gasteiger partial charge in [-0.3, -0.25) is 4.90 Å². The van der Waals surface area contributed by atoms with E-state index >= 15 is 0 Å². The fraction of sp³-hybridized carbons (Fsp3) is 0.632. The maximum absolute atomic E-state index is 5.95. The van der Waals surface area contributed by atoms with Gasteiger partial charge in [0, 0.05) is 13.1 Å². The molecule has 1 aliphatic rings. The fourth-order valence-corrected chi connectivity index (χ4v) is 2.94. The molecule has 1 aliphatic heterocycles. The molecule has 0 spiro atoms. The normalized spacial score (nSPS) is 17.3. The second kappa shape index (κ2) is 9.56. The number of nitrogens with two attached hydrogens (primary N) is 1. The second-order valence-electron chi connectivity index (χ2n) is 6.94. The number of benzene rings is 1. The number of nitrogens with one attached hydrogen (secondary N) is 1. The molecule has 128 valence electrons. The summed E-state index contributed by atoms with van der Waals surface area (Å²) in [5.41, 5.74) is 8.62. The zero-order valence-electron chi connectivity index (χ0n) is 14.7. The number of hydrogen-bond acceptors (Lipinski definition) is 2. The van der Waals surface area contributed by atoms with Crippen molar-refractivity contribution >= 4 is 5.96 Å². The van der Waals surface area contributed by atoms with Crippen LogP contribution in [0, 0.1) is 5.92 Å². The topological polar surface area (TPSA) is 53.6 Å². The third kappa shape index (κ3) is 6.61. The van der Waals surface area contributed by atoms with E-state index < -0.39 is 0 Å². The maximum Gasteiger partial charge on any atom is 0.188 e. The van der Waals surface area contributed by atoms with Gasteiger partial charge in [-0.2, -0.15) is 0 Å². The van der Waals surface area contributed by atoms with Crippen molar-refractivity contribution in [2.24, 2.45) is 16.6 Å². The van der Waals surface area contributed by atoms with Crippen molar-refractivity contribution < 1.29 is 0 Å². The molecule has 0 atom stereocenters. The fourth-order valence-electron chi connectivity index (χ4n) is 2.94. The molecule has 1 saturated heterocycles. The summed E-state index contributed by atoms with van der Waals surface area (Å²) in [7, 11) is 0. The summed E-state index contributed by atoms with van der Waals surface area (Å²) in [5.74, 6) is 1.11. The Morgan fingerprint density at radius 2 is 1.78 bits per heavy atom. The molecule has 0 saturated carbocycles. The smallest absolute Gasteiger partial charge is 0.188 e. The SMILES string of the molecule is CC(C)CNC(N)=NCc1ccccc1CN1CCCCCC1. The van der Waals surface area contributed by atoms with Crippen LogP contribution in [0.2, 0.25) is 0 Å². The van der Waals surface area contributed by atoms with Gasteiger partial charge in [0.25, 0.3) is 0 Å². The largest absolute Gasteiger partial charge is 0.370 e. The van der Waals surface area contributed by atoms with Crippen LogP contribution in [0.5, 0.6) is 0 Å². The summed E-state index contributed by atoms with van der Waals surface area (Å²) in [5, 5.41) is 3.18. The van der Waals surface area contributed by atoms with Gasteiger partial charge in [-0.05, 0) is 43.0 Å². The van der Waals surface area contributed by atoms with Crippen LogP contribution in [0.25, 0.3) is 0 Å². The van der Waals surface area contributed by atoms with E-state index in [4.69, 9.17) is 5.73 Å². The predicted octanol–water partition coefficient (Wildman–Crippen LogP) is 3.12. The monoisotopic (exact) mass is 316 g/mol. The molecule has 0 aliphatic carbocycles. The van der Waals surface area contributed by atoms with Gasteiger partial charge in [-0.15, -0.1) is 0 Å². The van der Waals surface area contributed by atoms with Crippen molar-refractivity contribution in [1.82, 2.24) is 10.2 Å². The average molecular weight is 316 g/mol. The van der Waals surface area contributed by atoms with E-state index in [1.165, 1.54) is 49.9 Å². The highest BCUT2D eigenvalue weighted by Crippen LogP contribution is 2.16. The molecule has 0 amide bonds. The zero-order valence-corrected chi connectivity index (χ0v) is 14.7. The molecule has 1 fully saturated rings. The van der Waals surface area contributed by atoms with Crippen LogP contribution in [-0.2, 0) is 13.1 Å². The Balaban J connectivity index is 1.95. The van der Waals surface area contributed by atoms with E-state index in [9.17, 15) is 0 Å². The summed E-state index contributed by atoms with van der Waals surface area (Å²) >= 11 is 0. The first-order valence-electron chi connectivity index (χ1n) is 8.98. The van der Waals surface area contributed by atoms with Gasteiger partial charge in [0.05, 0.1) is 6.54 Å². The summed E-state index contributed by atoms with van der Waals surface area (Å²) in [4.78, 5) is 7.08. The van der Waals surface area contributed by atoms with E-state index in [1.807, 2.05) is 0 Å². The van der Waals surface area contributed by atoms with Gasteiger partial charge in [0.15, 0.2) is 5.96 Å². The van der Waals surface area contributed by atoms with Crippen LogP contribution in [-0.4, -0.2) is 30.5 Å². The molecule has 4 heteroatoms. The standard InChI is InChI=1S/C19H32N4/c1-16(2)13-21-19(20)22-14-17-9-5-6-10-18(17)15-23-11-7-3-4-8-12-23/h5-6,9-10,16H,3-4,7-8,11-15H2,1-2H3,(H3,20,21,22). The number of hydrogen-bond donors (Lipinski definition) is 2. The minimum atomic E-state index is 0.545. The number of guanidine groups is 1. The second-order valence-corrected chi connectivity index (χ2v) is 6.94. The van der Waals surface area contributed by atoms with Gasteiger partial charge < -0.3 is 11.1 Å². The van der Waals surface area contributed by atoms with Crippen LogP contribution in [0.15, 0.2) is 29.3 Å². The molecule has 1 aromatic carbocycles. The molecule has 0 unspecified atom stereocenters. The molecule has 0 bridgehead atoms. The lowest BCUT2D eigenvalue weighted by Crippen LogP contribution is -2.34. The van der Waals surface area contributed by atoms with Crippen molar-refractivity contribution in [3.63, 3.8) is 0 Å². The Kier molecular flexibility index (Phi) is 7.40. The van der Waals surface area contributed by atoms with E-state index in [-0.39, 0.29) is 0 Å². The average Bonchev–Trinajstić information content (AvgIpc) is 2.81. The molecule has 23 heavy (non-hydrogen) atoms. The molecular weight excluding hydrogens is 284 g/mol. The van der Waals surface area contributed by atoms with Gasteiger partial charge in [-0.1, -0.05) is 51.0 Å². The van der Waals surface area contributed by atoms with Crippen molar-refractivity contribution in [3.05, 3.63) is 35.4 Å². The molecule has 0 aromatic heterocycles. The molecule has 0 radical (unpaired) electrons. The lowest BCUT2D eigenvalue weighted by molar-refractivity contribution is 0.276. The quantitative estimate of drug-likeness (QED) is 0.626. The minimum absolute atomic E-state index is 0.545. The molecule has 1 heterocycles. The van der Waals surface area contributed by atoms with E-state index in [1.54, 1.807) is 0 Å². The molecule has 3 N–H and O–H groups in total. The van der Waals surface area contributed by atoms with E-state index in [2.05, 4.69) is 53.3 Å². The highest BCUT2D eigenvalue weighted by molar-refractivity contribution is 5.77. The number of rotatable bonds is 6. The third-order valence-corrected chi connectivity index (χ3v) is 4.32. The van der Waals surface area contributed by atoms with Crippen molar-refractivity contribution in [1.29, 1.82) is 0 Å². The van der Waals surface area contributed by atoms with Crippen molar-refractivity contribution in [2.75, 3.05) is 19.6 Å².